The van der Waals surface area contributed by atoms with E-state index in [0.29, 0.717) is 6.04 Å². The summed E-state index contributed by atoms with van der Waals surface area (Å²) in [6, 6.07) is 0.437. The van der Waals surface area contributed by atoms with Crippen LogP contribution in [0.2, 0.25) is 0 Å². The molecule has 5 heteroatoms. The number of hydrogen-bond acceptors (Lipinski definition) is 3. The first kappa shape index (κ1) is 10.5. The van der Waals surface area contributed by atoms with Gasteiger partial charge in [0.05, 0.1) is 6.20 Å². The lowest BCUT2D eigenvalue weighted by atomic mass is 10.1. The van der Waals surface area contributed by atoms with Crippen LogP contribution in [0.3, 0.4) is 0 Å². The van der Waals surface area contributed by atoms with E-state index in [9.17, 15) is 0 Å². The monoisotopic (exact) mass is 202 g/mol. The van der Waals surface area contributed by atoms with Crippen molar-refractivity contribution in [1.29, 1.82) is 0 Å². The van der Waals surface area contributed by atoms with E-state index in [0.717, 1.165) is 19.6 Å². The number of piperazine rings is 1. The molecule has 2 heterocycles. The Balaban J connectivity index is 0.000000845. The molecule has 1 aliphatic heterocycles. The fourth-order valence-corrected chi connectivity index (χ4v) is 1.51. The Morgan fingerprint density at radius 2 is 2.38 bits per heavy atom. The third-order valence-electron chi connectivity index (χ3n) is 2.17. The number of aromatic nitrogens is 2. The fourth-order valence-electron chi connectivity index (χ4n) is 1.51. The molecule has 74 valence electrons. The molecule has 1 aromatic heterocycles. The minimum Gasteiger partial charge on any atom is -0.314 e. The third kappa shape index (κ3) is 2.43. The first-order chi connectivity index (χ1) is 5.86. The van der Waals surface area contributed by atoms with Crippen LogP contribution in [0.5, 0.6) is 0 Å². The zero-order valence-electron chi connectivity index (χ0n) is 7.66. The number of rotatable bonds is 1. The number of nitrogens with zero attached hydrogens (tertiary/aromatic N) is 2. The lowest BCUT2D eigenvalue weighted by Crippen LogP contribution is -2.42. The number of nitrogens with one attached hydrogen (secondary N) is 2. The van der Waals surface area contributed by atoms with Crippen LogP contribution < -0.4 is 10.6 Å². The van der Waals surface area contributed by atoms with Crippen LogP contribution in [-0.2, 0) is 7.05 Å². The summed E-state index contributed by atoms with van der Waals surface area (Å²) in [6.45, 7) is 3.11. The summed E-state index contributed by atoms with van der Waals surface area (Å²) in [6.07, 6.45) is 3.98. The lowest BCUT2D eigenvalue weighted by Gasteiger charge is -2.23. The van der Waals surface area contributed by atoms with Crippen molar-refractivity contribution in [2.75, 3.05) is 19.6 Å². The Morgan fingerprint density at radius 3 is 2.92 bits per heavy atom. The fraction of sp³-hybridized carbons (Fsp3) is 0.625. The molecule has 1 aliphatic rings. The van der Waals surface area contributed by atoms with Gasteiger partial charge in [-0.1, -0.05) is 0 Å². The number of hydrogen-bond donors (Lipinski definition) is 2. The standard InChI is InChI=1S/C8H14N4.ClH/c1-12-6-7(4-11-12)8-5-9-2-3-10-8;/h4,6,8-10H,2-3,5H2,1H3;1H. The minimum absolute atomic E-state index is 0. The average Bonchev–Trinajstić information content (AvgIpc) is 2.54. The van der Waals surface area contributed by atoms with Gasteiger partial charge in [0.15, 0.2) is 0 Å². The maximum absolute atomic E-state index is 4.14. The van der Waals surface area contributed by atoms with Crippen LogP contribution in [0, 0.1) is 0 Å². The van der Waals surface area contributed by atoms with E-state index >= 15 is 0 Å². The molecular weight excluding hydrogens is 188 g/mol. The zero-order valence-corrected chi connectivity index (χ0v) is 8.47. The van der Waals surface area contributed by atoms with Crippen LogP contribution in [0.15, 0.2) is 12.4 Å². The van der Waals surface area contributed by atoms with E-state index < -0.39 is 0 Å². The smallest absolute Gasteiger partial charge is 0.0538 e. The minimum atomic E-state index is 0. The Kier molecular flexibility index (Phi) is 3.71. The van der Waals surface area contributed by atoms with Crippen LogP contribution in [0.25, 0.3) is 0 Å². The SMILES string of the molecule is Cl.Cn1cc(C2CNCCN2)cn1. The lowest BCUT2D eigenvalue weighted by molar-refractivity contribution is 0.430. The Morgan fingerprint density at radius 1 is 1.54 bits per heavy atom. The first-order valence-electron chi connectivity index (χ1n) is 4.29. The highest BCUT2D eigenvalue weighted by Crippen LogP contribution is 2.11. The second-order valence-electron chi connectivity index (χ2n) is 3.16. The van der Waals surface area contributed by atoms with Crippen molar-refractivity contribution in [3.63, 3.8) is 0 Å². The topological polar surface area (TPSA) is 41.9 Å². The highest BCUT2D eigenvalue weighted by atomic mass is 35.5. The molecule has 0 amide bonds. The molecule has 0 spiro atoms. The van der Waals surface area contributed by atoms with Crippen LogP contribution in [0.4, 0.5) is 0 Å². The summed E-state index contributed by atoms with van der Waals surface area (Å²) in [7, 11) is 1.94. The molecule has 1 atom stereocenters. The molecule has 1 aromatic rings. The predicted octanol–water partition coefficient (Wildman–Crippen LogP) is 0.0758. The molecular formula is C8H15ClN4. The van der Waals surface area contributed by atoms with Gasteiger partial charge < -0.3 is 10.6 Å². The van der Waals surface area contributed by atoms with Crippen molar-refractivity contribution in [3.8, 4) is 0 Å². The van der Waals surface area contributed by atoms with Gasteiger partial charge >= 0.3 is 0 Å². The van der Waals surface area contributed by atoms with Gasteiger partial charge in [-0.3, -0.25) is 4.68 Å². The van der Waals surface area contributed by atoms with E-state index in [1.54, 1.807) is 0 Å². The summed E-state index contributed by atoms with van der Waals surface area (Å²) in [5, 5.41) is 10.9. The normalized spacial score (nSPS) is 22.4. The summed E-state index contributed by atoms with van der Waals surface area (Å²) in [4.78, 5) is 0. The zero-order chi connectivity index (χ0) is 8.39. The molecule has 0 bridgehead atoms. The number of aryl methyl sites for hydroxylation is 1. The Bertz CT molecular complexity index is 254. The molecule has 4 nitrogen and oxygen atoms in total. The van der Waals surface area contributed by atoms with Crippen molar-refractivity contribution in [1.82, 2.24) is 20.4 Å². The average molecular weight is 203 g/mol. The van der Waals surface area contributed by atoms with Gasteiger partial charge in [-0.25, -0.2) is 0 Å². The van der Waals surface area contributed by atoms with Gasteiger partial charge in [0.25, 0.3) is 0 Å². The molecule has 1 fully saturated rings. The van der Waals surface area contributed by atoms with Gasteiger partial charge in [-0.05, 0) is 0 Å². The Hall–Kier alpha value is -0.580. The summed E-state index contributed by atoms with van der Waals surface area (Å²) in [5.41, 5.74) is 1.27. The summed E-state index contributed by atoms with van der Waals surface area (Å²) >= 11 is 0. The van der Waals surface area contributed by atoms with Crippen LogP contribution in [0.1, 0.15) is 11.6 Å². The predicted molar refractivity (Wildman–Crippen MR) is 54.1 cm³/mol. The van der Waals surface area contributed by atoms with Gasteiger partial charge in [0, 0.05) is 44.5 Å². The maximum atomic E-state index is 4.14. The van der Waals surface area contributed by atoms with Crippen molar-refractivity contribution < 1.29 is 0 Å². The molecule has 0 saturated carbocycles. The first-order valence-corrected chi connectivity index (χ1v) is 4.29. The molecule has 13 heavy (non-hydrogen) atoms. The van der Waals surface area contributed by atoms with E-state index in [1.165, 1.54) is 5.56 Å². The van der Waals surface area contributed by atoms with E-state index in [1.807, 2.05) is 17.9 Å². The second-order valence-corrected chi connectivity index (χ2v) is 3.16. The highest BCUT2D eigenvalue weighted by Gasteiger charge is 2.14. The third-order valence-corrected chi connectivity index (χ3v) is 2.17. The maximum Gasteiger partial charge on any atom is 0.0538 e. The second kappa shape index (κ2) is 4.60. The van der Waals surface area contributed by atoms with E-state index in [4.69, 9.17) is 0 Å². The van der Waals surface area contributed by atoms with Gasteiger partial charge in [-0.15, -0.1) is 12.4 Å². The largest absolute Gasteiger partial charge is 0.314 e. The van der Waals surface area contributed by atoms with E-state index in [-0.39, 0.29) is 12.4 Å². The van der Waals surface area contributed by atoms with Crippen molar-refractivity contribution >= 4 is 12.4 Å². The van der Waals surface area contributed by atoms with Gasteiger partial charge in [-0.2, -0.15) is 5.10 Å². The molecule has 2 N–H and O–H groups in total. The molecule has 0 aromatic carbocycles. The summed E-state index contributed by atoms with van der Waals surface area (Å²) < 4.78 is 1.84. The van der Waals surface area contributed by atoms with E-state index in [2.05, 4.69) is 21.9 Å². The number of halogens is 1. The van der Waals surface area contributed by atoms with Gasteiger partial charge in [0.2, 0.25) is 0 Å². The van der Waals surface area contributed by atoms with Crippen molar-refractivity contribution in [3.05, 3.63) is 18.0 Å². The highest BCUT2D eigenvalue weighted by molar-refractivity contribution is 5.85. The van der Waals surface area contributed by atoms with Crippen molar-refractivity contribution in [2.24, 2.45) is 7.05 Å². The van der Waals surface area contributed by atoms with Crippen LogP contribution in [-0.4, -0.2) is 29.4 Å². The molecule has 2 rings (SSSR count). The molecule has 1 unspecified atom stereocenters. The van der Waals surface area contributed by atoms with Crippen molar-refractivity contribution in [2.45, 2.75) is 6.04 Å². The van der Waals surface area contributed by atoms with Gasteiger partial charge in [0.1, 0.15) is 0 Å². The summed E-state index contributed by atoms with van der Waals surface area (Å²) in [5.74, 6) is 0. The Labute approximate surface area is 84.1 Å². The quantitative estimate of drug-likeness (QED) is 0.678. The molecule has 0 aliphatic carbocycles. The molecule has 1 saturated heterocycles. The molecule has 0 radical (unpaired) electrons. The van der Waals surface area contributed by atoms with Crippen LogP contribution >= 0.6 is 12.4 Å².